The number of nitrogens with two attached hydrogens (primary N) is 1. The van der Waals surface area contributed by atoms with Gasteiger partial charge in [0.15, 0.2) is 11.5 Å². The second-order valence-corrected chi connectivity index (χ2v) is 7.56. The van der Waals surface area contributed by atoms with Crippen molar-refractivity contribution in [1.29, 1.82) is 0 Å². The van der Waals surface area contributed by atoms with Crippen LogP contribution >= 0.6 is 0 Å². The summed E-state index contributed by atoms with van der Waals surface area (Å²) < 4.78 is 1.99. The summed E-state index contributed by atoms with van der Waals surface area (Å²) in [7, 11) is 1.56. The third-order valence-electron chi connectivity index (χ3n) is 5.33. The summed E-state index contributed by atoms with van der Waals surface area (Å²) in [5.74, 6) is 0.183. The number of anilines is 2. The van der Waals surface area contributed by atoms with Crippen molar-refractivity contribution in [1.82, 2.24) is 19.7 Å². The summed E-state index contributed by atoms with van der Waals surface area (Å²) in [5.41, 5.74) is 12.4. The fourth-order valence-electron chi connectivity index (χ4n) is 3.52. The largest absolute Gasteiger partial charge is 0.341 e. The molecule has 4 rings (SSSR count). The Morgan fingerprint density at radius 2 is 1.78 bits per heavy atom. The molecule has 0 fully saturated rings. The molecule has 0 radical (unpaired) electrons. The van der Waals surface area contributed by atoms with Crippen LogP contribution in [-0.4, -0.2) is 39.9 Å². The number of amides is 3. The zero-order chi connectivity index (χ0) is 22.8. The van der Waals surface area contributed by atoms with Crippen molar-refractivity contribution in [2.24, 2.45) is 5.73 Å². The Bertz CT molecular complexity index is 1330. The van der Waals surface area contributed by atoms with Gasteiger partial charge in [-0.1, -0.05) is 12.1 Å². The van der Waals surface area contributed by atoms with Gasteiger partial charge in [-0.15, -0.1) is 0 Å². The van der Waals surface area contributed by atoms with Crippen molar-refractivity contribution in [3.63, 3.8) is 0 Å². The number of aromatic nitrogens is 3. The highest BCUT2D eigenvalue weighted by molar-refractivity contribution is 5.96. The van der Waals surface area contributed by atoms with Crippen LogP contribution in [0.5, 0.6) is 0 Å². The Kier molecular flexibility index (Phi) is 5.74. The minimum absolute atomic E-state index is 0.201. The molecule has 0 aliphatic heterocycles. The first kappa shape index (κ1) is 21.3. The first-order chi connectivity index (χ1) is 15.4. The lowest BCUT2D eigenvalue weighted by atomic mass is 10.1. The number of nitrogens with one attached hydrogen (secondary N) is 3. The van der Waals surface area contributed by atoms with Crippen LogP contribution in [0.2, 0.25) is 0 Å². The molecule has 5 N–H and O–H groups in total. The number of carbonyl (C=O) groups excluding carboxylic acids is 2. The maximum Gasteiger partial charge on any atom is 0.318 e. The van der Waals surface area contributed by atoms with Crippen molar-refractivity contribution in [3.05, 3.63) is 53.7 Å². The molecule has 4 aromatic rings. The molecule has 2 aromatic carbocycles. The minimum Gasteiger partial charge on any atom is -0.341 e. The van der Waals surface area contributed by atoms with E-state index in [0.717, 1.165) is 33.4 Å². The zero-order valence-corrected chi connectivity index (χ0v) is 18.2. The highest BCUT2D eigenvalue weighted by Crippen LogP contribution is 2.30. The number of aryl methyl sites for hydroxylation is 2. The van der Waals surface area contributed by atoms with E-state index in [0.29, 0.717) is 17.2 Å². The molecule has 0 aliphatic carbocycles. The maximum atomic E-state index is 12.2. The summed E-state index contributed by atoms with van der Waals surface area (Å²) >= 11 is 0. The fraction of sp³-hybridized carbons (Fsp3) is 0.217. The fourth-order valence-corrected chi connectivity index (χ4v) is 3.52. The predicted molar refractivity (Wildman–Crippen MR) is 126 cm³/mol. The highest BCUT2D eigenvalue weighted by atomic mass is 16.2. The van der Waals surface area contributed by atoms with Crippen molar-refractivity contribution in [2.75, 3.05) is 24.2 Å². The van der Waals surface area contributed by atoms with E-state index in [-0.39, 0.29) is 24.9 Å². The van der Waals surface area contributed by atoms with Gasteiger partial charge in [-0.3, -0.25) is 9.20 Å². The highest BCUT2D eigenvalue weighted by Gasteiger charge is 2.17. The standard InChI is InChI=1S/C23H25N7O2/c1-13-10-17-18(11-14(13)2)30-19(15-4-6-16(7-5-15)27-23(32)25-3)12-26-22(30)21(28-17)29-20(31)8-9-24/h4-7,10-12H,8-9,24H2,1-3H3,(H2,25,27,32)(H,28,29,31). The molecule has 0 bridgehead atoms. The van der Waals surface area contributed by atoms with Crippen LogP contribution in [0.3, 0.4) is 0 Å². The quantitative estimate of drug-likeness (QED) is 0.386. The van der Waals surface area contributed by atoms with Crippen molar-refractivity contribution >= 4 is 40.1 Å². The van der Waals surface area contributed by atoms with E-state index in [1.165, 1.54) is 0 Å². The number of imidazole rings is 1. The summed E-state index contributed by atoms with van der Waals surface area (Å²) in [4.78, 5) is 33.0. The van der Waals surface area contributed by atoms with Gasteiger partial charge in [-0.25, -0.2) is 14.8 Å². The van der Waals surface area contributed by atoms with E-state index in [9.17, 15) is 9.59 Å². The molecule has 9 heteroatoms. The van der Waals surface area contributed by atoms with E-state index in [2.05, 4.69) is 32.0 Å². The molecule has 2 aromatic heterocycles. The average molecular weight is 432 g/mol. The van der Waals surface area contributed by atoms with Gasteiger partial charge in [0.2, 0.25) is 5.91 Å². The van der Waals surface area contributed by atoms with Crippen LogP contribution in [-0.2, 0) is 4.79 Å². The number of urea groups is 1. The summed E-state index contributed by atoms with van der Waals surface area (Å²) in [5, 5.41) is 8.12. The van der Waals surface area contributed by atoms with Gasteiger partial charge < -0.3 is 21.7 Å². The predicted octanol–water partition coefficient (Wildman–Crippen LogP) is 3.20. The van der Waals surface area contributed by atoms with Crippen LogP contribution in [0.25, 0.3) is 27.9 Å². The number of carbonyl (C=O) groups is 2. The first-order valence-electron chi connectivity index (χ1n) is 10.3. The van der Waals surface area contributed by atoms with E-state index in [1.807, 2.05) is 48.6 Å². The van der Waals surface area contributed by atoms with Crippen LogP contribution in [0.1, 0.15) is 17.5 Å². The van der Waals surface area contributed by atoms with Crippen molar-refractivity contribution in [3.8, 4) is 11.3 Å². The van der Waals surface area contributed by atoms with Gasteiger partial charge in [-0.2, -0.15) is 0 Å². The lowest BCUT2D eigenvalue weighted by Crippen LogP contribution is -2.24. The molecule has 3 amide bonds. The molecule has 32 heavy (non-hydrogen) atoms. The molecule has 2 heterocycles. The third-order valence-corrected chi connectivity index (χ3v) is 5.33. The van der Waals surface area contributed by atoms with Gasteiger partial charge >= 0.3 is 6.03 Å². The number of hydrogen-bond acceptors (Lipinski definition) is 5. The SMILES string of the molecule is CNC(=O)Nc1ccc(-c2cnc3c(NC(=O)CCN)nc4cc(C)c(C)cc4n23)cc1. The van der Waals surface area contributed by atoms with Crippen LogP contribution in [0, 0.1) is 13.8 Å². The van der Waals surface area contributed by atoms with E-state index in [1.54, 1.807) is 13.2 Å². The molecule has 0 saturated carbocycles. The van der Waals surface area contributed by atoms with Gasteiger partial charge in [-0.05, 0) is 49.2 Å². The second-order valence-electron chi connectivity index (χ2n) is 7.56. The molecule has 0 atom stereocenters. The van der Waals surface area contributed by atoms with Crippen LogP contribution in [0.4, 0.5) is 16.3 Å². The Morgan fingerprint density at radius 3 is 2.47 bits per heavy atom. The zero-order valence-electron chi connectivity index (χ0n) is 18.2. The monoisotopic (exact) mass is 431 g/mol. The number of rotatable bonds is 5. The van der Waals surface area contributed by atoms with Crippen LogP contribution < -0.4 is 21.7 Å². The topological polar surface area (TPSA) is 126 Å². The summed E-state index contributed by atoms with van der Waals surface area (Å²) in [6.07, 6.45) is 1.96. The normalized spacial score (nSPS) is 11.0. The first-order valence-corrected chi connectivity index (χ1v) is 10.3. The van der Waals surface area contributed by atoms with Crippen LogP contribution in [0.15, 0.2) is 42.6 Å². The third kappa shape index (κ3) is 3.97. The summed E-state index contributed by atoms with van der Waals surface area (Å²) in [6, 6.07) is 11.3. The number of fused-ring (bicyclic) bond motifs is 3. The molecular formula is C23H25N7O2. The number of hydrogen-bond donors (Lipinski definition) is 4. The molecule has 0 saturated heterocycles. The Balaban J connectivity index is 1.88. The summed E-state index contributed by atoms with van der Waals surface area (Å²) in [6.45, 7) is 4.33. The minimum atomic E-state index is -0.284. The van der Waals surface area contributed by atoms with Gasteiger partial charge in [0, 0.05) is 31.3 Å². The smallest absolute Gasteiger partial charge is 0.318 e. The molecule has 164 valence electrons. The Morgan fingerprint density at radius 1 is 1.06 bits per heavy atom. The van der Waals surface area contributed by atoms with Crippen molar-refractivity contribution in [2.45, 2.75) is 20.3 Å². The van der Waals surface area contributed by atoms with Crippen molar-refractivity contribution < 1.29 is 9.59 Å². The maximum absolute atomic E-state index is 12.2. The lowest BCUT2D eigenvalue weighted by Gasteiger charge is -2.13. The second kappa shape index (κ2) is 8.64. The van der Waals surface area contributed by atoms with Gasteiger partial charge in [0.1, 0.15) is 0 Å². The number of nitrogens with zero attached hydrogens (tertiary/aromatic N) is 3. The number of benzene rings is 2. The molecule has 0 aliphatic rings. The molecular weight excluding hydrogens is 406 g/mol. The Labute approximate surface area is 185 Å². The molecule has 0 unspecified atom stereocenters. The van der Waals surface area contributed by atoms with E-state index >= 15 is 0 Å². The van der Waals surface area contributed by atoms with Gasteiger partial charge in [0.05, 0.1) is 22.9 Å². The lowest BCUT2D eigenvalue weighted by molar-refractivity contribution is -0.116. The van der Waals surface area contributed by atoms with E-state index in [4.69, 9.17) is 5.73 Å². The molecule has 0 spiro atoms. The van der Waals surface area contributed by atoms with E-state index < -0.39 is 0 Å². The molecule has 9 nitrogen and oxygen atoms in total. The Hall–Kier alpha value is -3.98. The van der Waals surface area contributed by atoms with Gasteiger partial charge in [0.25, 0.3) is 0 Å². The average Bonchev–Trinajstić information content (AvgIpc) is 3.21.